The number of hydrogen-bond acceptors (Lipinski definition) is 3. The number of halogens is 1. The molecule has 14 heavy (non-hydrogen) atoms. The third-order valence-corrected chi connectivity index (χ3v) is 3.89. The molecule has 0 radical (unpaired) electrons. The molecule has 86 valence electrons. The second kappa shape index (κ2) is 5.87. The molecule has 1 rings (SSSR count). The molecule has 0 bridgehead atoms. The normalized spacial score (nSPS) is 23.4. The summed E-state index contributed by atoms with van der Waals surface area (Å²) in [6.45, 7) is 3.42. The van der Waals surface area contributed by atoms with Crippen LogP contribution in [0.1, 0.15) is 13.3 Å². The van der Waals surface area contributed by atoms with Gasteiger partial charge in [0.05, 0.1) is 0 Å². The Bertz CT molecular complexity index is 258. The van der Waals surface area contributed by atoms with Gasteiger partial charge in [0.1, 0.15) is 0 Å². The predicted octanol–water partition coefficient (Wildman–Crippen LogP) is -0.444. The maximum Gasteiger partial charge on any atom is 0.279 e. The molecule has 0 aromatic carbocycles. The van der Waals surface area contributed by atoms with E-state index in [9.17, 15) is 8.42 Å². The Morgan fingerprint density at radius 1 is 1.50 bits per heavy atom. The molecule has 0 aromatic rings. The molecule has 1 heterocycles. The van der Waals surface area contributed by atoms with Crippen LogP contribution in [-0.2, 0) is 10.2 Å². The molecule has 1 aliphatic rings. The van der Waals surface area contributed by atoms with Crippen LogP contribution in [0.2, 0.25) is 0 Å². The largest absolute Gasteiger partial charge is 0.316 e. The van der Waals surface area contributed by atoms with Gasteiger partial charge in [-0.15, -0.1) is 12.4 Å². The molecule has 1 saturated heterocycles. The second-order valence-corrected chi connectivity index (χ2v) is 4.89. The maximum atomic E-state index is 11.5. The first-order valence-electron chi connectivity index (χ1n) is 4.52. The van der Waals surface area contributed by atoms with Crippen LogP contribution in [0.15, 0.2) is 0 Å². The van der Waals surface area contributed by atoms with Crippen LogP contribution in [0.25, 0.3) is 0 Å². The monoisotopic (exact) mass is 243 g/mol. The van der Waals surface area contributed by atoms with Gasteiger partial charge in [0.15, 0.2) is 0 Å². The third-order valence-electron chi connectivity index (χ3n) is 2.23. The van der Waals surface area contributed by atoms with Crippen molar-refractivity contribution in [3.05, 3.63) is 0 Å². The molecule has 5 nitrogen and oxygen atoms in total. The van der Waals surface area contributed by atoms with Crippen molar-refractivity contribution in [3.8, 4) is 0 Å². The smallest absolute Gasteiger partial charge is 0.279 e. The molecule has 0 amide bonds. The molecule has 0 spiro atoms. The number of likely N-dealkylation sites (N-methyl/N-ethyl adjacent to an activating group) is 1. The van der Waals surface area contributed by atoms with E-state index in [2.05, 4.69) is 10.0 Å². The van der Waals surface area contributed by atoms with Gasteiger partial charge >= 0.3 is 0 Å². The standard InChI is InChI=1S/C7H17N3O2S.ClH/c1-3-9-13(11,12)10-5-4-7(6-10)8-2;/h7-9H,3-6H2,1-2H3;1H. The molecule has 7 heteroatoms. The Morgan fingerprint density at radius 2 is 2.14 bits per heavy atom. The van der Waals surface area contributed by atoms with Gasteiger partial charge in [0.2, 0.25) is 0 Å². The average molecular weight is 244 g/mol. The first-order chi connectivity index (χ1) is 6.10. The number of rotatable bonds is 4. The summed E-state index contributed by atoms with van der Waals surface area (Å²) in [4.78, 5) is 0. The molecule has 2 N–H and O–H groups in total. The fourth-order valence-corrected chi connectivity index (χ4v) is 2.73. The van der Waals surface area contributed by atoms with Gasteiger partial charge < -0.3 is 5.32 Å². The minimum absolute atomic E-state index is 0. The zero-order valence-corrected chi connectivity index (χ0v) is 10.1. The summed E-state index contributed by atoms with van der Waals surface area (Å²) in [7, 11) is -1.35. The predicted molar refractivity (Wildman–Crippen MR) is 58.9 cm³/mol. The van der Waals surface area contributed by atoms with Gasteiger partial charge in [-0.05, 0) is 13.5 Å². The molecule has 0 aliphatic carbocycles. The lowest BCUT2D eigenvalue weighted by atomic mass is 10.3. The van der Waals surface area contributed by atoms with Crippen LogP contribution >= 0.6 is 12.4 Å². The van der Waals surface area contributed by atoms with Crippen LogP contribution in [0, 0.1) is 0 Å². The van der Waals surface area contributed by atoms with Crippen molar-refractivity contribution < 1.29 is 8.42 Å². The fraction of sp³-hybridized carbons (Fsp3) is 1.00. The van der Waals surface area contributed by atoms with Gasteiger partial charge in [0.25, 0.3) is 10.2 Å². The Balaban J connectivity index is 0.00000169. The van der Waals surface area contributed by atoms with Gasteiger partial charge in [-0.2, -0.15) is 12.7 Å². The summed E-state index contributed by atoms with van der Waals surface area (Å²) in [6.07, 6.45) is 0.890. The minimum atomic E-state index is -3.21. The lowest BCUT2D eigenvalue weighted by Gasteiger charge is -2.15. The van der Waals surface area contributed by atoms with Crippen molar-refractivity contribution in [2.24, 2.45) is 0 Å². The summed E-state index contributed by atoms with van der Waals surface area (Å²) in [5.74, 6) is 0. The summed E-state index contributed by atoms with van der Waals surface area (Å²) >= 11 is 0. The highest BCUT2D eigenvalue weighted by atomic mass is 35.5. The van der Waals surface area contributed by atoms with Crippen LogP contribution < -0.4 is 10.0 Å². The number of nitrogens with zero attached hydrogens (tertiary/aromatic N) is 1. The van der Waals surface area contributed by atoms with Crippen molar-refractivity contribution in [1.82, 2.24) is 14.3 Å². The highest BCUT2D eigenvalue weighted by Gasteiger charge is 2.29. The molecule has 1 unspecified atom stereocenters. The average Bonchev–Trinajstić information content (AvgIpc) is 2.52. The summed E-state index contributed by atoms with van der Waals surface area (Å²) in [6, 6.07) is 0.299. The van der Waals surface area contributed by atoms with Crippen LogP contribution in [0.5, 0.6) is 0 Å². The van der Waals surface area contributed by atoms with E-state index in [1.807, 2.05) is 7.05 Å². The van der Waals surface area contributed by atoms with Crippen molar-refractivity contribution in [1.29, 1.82) is 0 Å². The summed E-state index contributed by atoms with van der Waals surface area (Å²) < 4.78 is 26.9. The van der Waals surface area contributed by atoms with E-state index in [4.69, 9.17) is 0 Å². The quantitative estimate of drug-likeness (QED) is 0.704. The highest BCUT2D eigenvalue weighted by molar-refractivity contribution is 7.87. The number of nitrogens with one attached hydrogen (secondary N) is 2. The van der Waals surface area contributed by atoms with Crippen LogP contribution in [-0.4, -0.2) is 45.4 Å². The fourth-order valence-electron chi connectivity index (χ4n) is 1.46. The Kier molecular flexibility index (Phi) is 5.92. The SMILES string of the molecule is CCNS(=O)(=O)N1CCC(NC)C1.Cl. The minimum Gasteiger partial charge on any atom is -0.316 e. The lowest BCUT2D eigenvalue weighted by Crippen LogP contribution is -2.40. The molecule has 1 fully saturated rings. The molecule has 0 aromatic heterocycles. The summed E-state index contributed by atoms with van der Waals surface area (Å²) in [5.41, 5.74) is 0. The van der Waals surface area contributed by atoms with Gasteiger partial charge in [-0.3, -0.25) is 0 Å². The first-order valence-corrected chi connectivity index (χ1v) is 5.96. The van der Waals surface area contributed by atoms with Gasteiger partial charge in [-0.25, -0.2) is 4.72 Å². The van der Waals surface area contributed by atoms with Crippen LogP contribution in [0.4, 0.5) is 0 Å². The van der Waals surface area contributed by atoms with E-state index in [1.54, 1.807) is 6.92 Å². The van der Waals surface area contributed by atoms with E-state index in [-0.39, 0.29) is 12.4 Å². The maximum absolute atomic E-state index is 11.5. The van der Waals surface area contributed by atoms with Crippen molar-refractivity contribution in [2.45, 2.75) is 19.4 Å². The Morgan fingerprint density at radius 3 is 2.57 bits per heavy atom. The molecular weight excluding hydrogens is 226 g/mol. The van der Waals surface area contributed by atoms with Crippen molar-refractivity contribution >= 4 is 22.6 Å². The number of hydrogen-bond donors (Lipinski definition) is 2. The molecule has 1 aliphatic heterocycles. The van der Waals surface area contributed by atoms with E-state index in [0.717, 1.165) is 6.42 Å². The lowest BCUT2D eigenvalue weighted by molar-refractivity contribution is 0.455. The summed E-state index contributed by atoms with van der Waals surface area (Å²) in [5, 5.41) is 3.07. The van der Waals surface area contributed by atoms with E-state index in [0.29, 0.717) is 25.7 Å². The first kappa shape index (κ1) is 14.1. The van der Waals surface area contributed by atoms with Crippen molar-refractivity contribution in [3.63, 3.8) is 0 Å². The van der Waals surface area contributed by atoms with Crippen LogP contribution in [0.3, 0.4) is 0 Å². The zero-order chi connectivity index (χ0) is 9.90. The van der Waals surface area contributed by atoms with Gasteiger partial charge in [0, 0.05) is 25.7 Å². The topological polar surface area (TPSA) is 61.4 Å². The van der Waals surface area contributed by atoms with E-state index >= 15 is 0 Å². The second-order valence-electron chi connectivity index (χ2n) is 3.14. The Labute approximate surface area is 91.8 Å². The van der Waals surface area contributed by atoms with E-state index < -0.39 is 10.2 Å². The molecule has 0 saturated carbocycles. The third kappa shape index (κ3) is 3.36. The molecular formula is C7H18ClN3O2S. The molecule has 1 atom stereocenters. The van der Waals surface area contributed by atoms with Gasteiger partial charge in [-0.1, -0.05) is 6.92 Å². The van der Waals surface area contributed by atoms with Crippen molar-refractivity contribution in [2.75, 3.05) is 26.7 Å². The highest BCUT2D eigenvalue weighted by Crippen LogP contribution is 2.11. The zero-order valence-electron chi connectivity index (χ0n) is 8.49. The Hall–Kier alpha value is 0.120. The van der Waals surface area contributed by atoms with E-state index in [1.165, 1.54) is 4.31 Å².